The molecule has 3 aromatic rings. The monoisotopic (exact) mass is 454 g/mol. The van der Waals surface area contributed by atoms with Crippen molar-refractivity contribution in [3.8, 4) is 10.6 Å². The number of halogens is 4. The molecule has 0 saturated heterocycles. The van der Waals surface area contributed by atoms with Crippen LogP contribution in [0.1, 0.15) is 20.9 Å². The lowest BCUT2D eigenvalue weighted by Gasteiger charge is -2.14. The van der Waals surface area contributed by atoms with Crippen LogP contribution >= 0.6 is 22.9 Å². The number of rotatable bonds is 5. The highest BCUT2D eigenvalue weighted by molar-refractivity contribution is 7.17. The second-order valence-corrected chi connectivity index (χ2v) is 7.55. The number of amides is 1. The Morgan fingerprint density at radius 3 is 2.53 bits per heavy atom. The fourth-order valence-electron chi connectivity index (χ4n) is 2.53. The Bertz CT molecular complexity index is 1080. The zero-order chi connectivity index (χ0) is 21.9. The Morgan fingerprint density at radius 1 is 1.17 bits per heavy atom. The van der Waals surface area contributed by atoms with Crippen LogP contribution in [0.3, 0.4) is 0 Å². The topological polar surface area (TPSA) is 68.3 Å². The predicted molar refractivity (Wildman–Crippen MR) is 108 cm³/mol. The van der Waals surface area contributed by atoms with Gasteiger partial charge in [-0.3, -0.25) is 4.79 Å². The minimum absolute atomic E-state index is 0.123. The lowest BCUT2D eigenvalue weighted by molar-refractivity contribution is -0.137. The molecule has 10 heteroatoms. The molecule has 0 fully saturated rings. The van der Waals surface area contributed by atoms with E-state index in [2.05, 4.69) is 10.3 Å². The summed E-state index contributed by atoms with van der Waals surface area (Å²) in [7, 11) is 0. The van der Waals surface area contributed by atoms with E-state index in [1.165, 1.54) is 6.07 Å². The number of esters is 1. The fourth-order valence-corrected chi connectivity index (χ4v) is 3.67. The van der Waals surface area contributed by atoms with Crippen LogP contribution in [0.15, 0.2) is 48.5 Å². The molecule has 0 atom stereocenters. The Labute approximate surface area is 178 Å². The van der Waals surface area contributed by atoms with E-state index in [4.69, 9.17) is 16.3 Å². The van der Waals surface area contributed by atoms with Crippen molar-refractivity contribution >= 4 is 40.5 Å². The minimum Gasteiger partial charge on any atom is -0.451 e. The summed E-state index contributed by atoms with van der Waals surface area (Å²) in [4.78, 5) is 28.9. The molecule has 30 heavy (non-hydrogen) atoms. The van der Waals surface area contributed by atoms with Gasteiger partial charge in [0.2, 0.25) is 0 Å². The van der Waals surface area contributed by atoms with Crippen molar-refractivity contribution in [3.05, 3.63) is 69.7 Å². The quantitative estimate of drug-likeness (QED) is 0.510. The van der Waals surface area contributed by atoms with E-state index in [1.54, 1.807) is 6.92 Å². The Kier molecular flexibility index (Phi) is 6.42. The van der Waals surface area contributed by atoms with Crippen molar-refractivity contribution in [1.29, 1.82) is 0 Å². The first-order valence-electron chi connectivity index (χ1n) is 8.51. The highest BCUT2D eigenvalue weighted by Gasteiger charge is 2.34. The van der Waals surface area contributed by atoms with Gasteiger partial charge in [-0.05, 0) is 25.1 Å². The maximum atomic E-state index is 13.1. The molecule has 0 saturated carbocycles. The molecule has 1 heterocycles. The van der Waals surface area contributed by atoms with Crippen molar-refractivity contribution in [2.45, 2.75) is 13.1 Å². The maximum absolute atomic E-state index is 13.1. The number of carbonyl (C=O) groups excluding carboxylic acids is 2. The van der Waals surface area contributed by atoms with E-state index in [9.17, 15) is 22.8 Å². The zero-order valence-corrected chi connectivity index (χ0v) is 17.0. The van der Waals surface area contributed by atoms with Crippen molar-refractivity contribution in [2.75, 3.05) is 11.9 Å². The minimum atomic E-state index is -4.71. The summed E-state index contributed by atoms with van der Waals surface area (Å²) >= 11 is 6.71. The molecule has 3 rings (SSSR count). The highest BCUT2D eigenvalue weighted by atomic mass is 35.5. The van der Waals surface area contributed by atoms with Crippen molar-refractivity contribution in [1.82, 2.24) is 4.98 Å². The van der Waals surface area contributed by atoms with Gasteiger partial charge >= 0.3 is 12.1 Å². The molecule has 0 aliphatic heterocycles. The number of aryl methyl sites for hydroxylation is 1. The number of hydrogen-bond acceptors (Lipinski definition) is 5. The van der Waals surface area contributed by atoms with E-state index in [-0.39, 0.29) is 9.90 Å². The first-order valence-corrected chi connectivity index (χ1v) is 9.71. The van der Waals surface area contributed by atoms with Gasteiger partial charge in [-0.25, -0.2) is 9.78 Å². The van der Waals surface area contributed by atoms with Crippen LogP contribution < -0.4 is 5.32 Å². The normalized spacial score (nSPS) is 11.2. The van der Waals surface area contributed by atoms with E-state index in [0.717, 1.165) is 23.0 Å². The lowest BCUT2D eigenvalue weighted by atomic mass is 10.1. The van der Waals surface area contributed by atoms with E-state index in [1.807, 2.05) is 30.3 Å². The van der Waals surface area contributed by atoms with Gasteiger partial charge in [0.05, 0.1) is 16.9 Å². The number of nitrogens with zero attached hydrogens (tertiary/aromatic N) is 1. The molecule has 0 aliphatic carbocycles. The molecule has 0 bridgehead atoms. The molecule has 0 unspecified atom stereocenters. The molecule has 0 radical (unpaired) electrons. The van der Waals surface area contributed by atoms with Crippen LogP contribution in [0.2, 0.25) is 5.02 Å². The molecule has 2 aromatic carbocycles. The van der Waals surface area contributed by atoms with Crippen molar-refractivity contribution < 1.29 is 27.5 Å². The SMILES string of the molecule is Cc1nc(-c2ccccc2)sc1C(=O)OCC(=O)Nc1ccc(Cl)cc1C(F)(F)F. The molecule has 0 spiro atoms. The number of thiazole rings is 1. The maximum Gasteiger partial charge on any atom is 0.418 e. The van der Waals surface area contributed by atoms with Crippen LogP contribution in [0, 0.1) is 6.92 Å². The van der Waals surface area contributed by atoms with Crippen LogP contribution in [-0.2, 0) is 15.7 Å². The highest BCUT2D eigenvalue weighted by Crippen LogP contribution is 2.36. The molecule has 5 nitrogen and oxygen atoms in total. The first-order chi connectivity index (χ1) is 14.1. The van der Waals surface area contributed by atoms with Crippen LogP contribution in [-0.4, -0.2) is 23.5 Å². The fraction of sp³-hybridized carbons (Fsp3) is 0.150. The Morgan fingerprint density at radius 2 is 1.87 bits per heavy atom. The van der Waals surface area contributed by atoms with Gasteiger partial charge in [-0.2, -0.15) is 13.2 Å². The Hall–Kier alpha value is -2.91. The van der Waals surface area contributed by atoms with Gasteiger partial charge in [0.15, 0.2) is 6.61 Å². The largest absolute Gasteiger partial charge is 0.451 e. The summed E-state index contributed by atoms with van der Waals surface area (Å²) in [6.07, 6.45) is -4.71. The molecular weight excluding hydrogens is 441 g/mol. The van der Waals surface area contributed by atoms with Crippen LogP contribution in [0.5, 0.6) is 0 Å². The second kappa shape index (κ2) is 8.85. The standard InChI is InChI=1S/C20H14ClF3N2O3S/c1-11-17(30-18(25-11)12-5-3-2-4-6-12)19(28)29-10-16(27)26-15-8-7-13(21)9-14(15)20(22,23)24/h2-9H,10H2,1H3,(H,26,27). The molecule has 0 aliphatic rings. The third kappa shape index (κ3) is 5.17. The summed E-state index contributed by atoms with van der Waals surface area (Å²) in [5.74, 6) is -1.70. The molecule has 156 valence electrons. The Balaban J connectivity index is 1.66. The number of anilines is 1. The lowest BCUT2D eigenvalue weighted by Crippen LogP contribution is -2.22. The molecule has 1 amide bonds. The van der Waals surface area contributed by atoms with E-state index >= 15 is 0 Å². The van der Waals surface area contributed by atoms with Crippen molar-refractivity contribution in [2.24, 2.45) is 0 Å². The van der Waals surface area contributed by atoms with Crippen LogP contribution in [0.4, 0.5) is 18.9 Å². The average molecular weight is 455 g/mol. The summed E-state index contributed by atoms with van der Waals surface area (Å²) < 4.78 is 44.3. The summed E-state index contributed by atoms with van der Waals surface area (Å²) in [6.45, 7) is 0.875. The number of hydrogen-bond donors (Lipinski definition) is 1. The predicted octanol–water partition coefficient (Wildman–Crippen LogP) is 5.59. The first kappa shape index (κ1) is 21.8. The van der Waals surface area contributed by atoms with Gasteiger partial charge in [-0.15, -0.1) is 11.3 Å². The zero-order valence-electron chi connectivity index (χ0n) is 15.4. The number of nitrogens with one attached hydrogen (secondary N) is 1. The second-order valence-electron chi connectivity index (χ2n) is 6.11. The number of aromatic nitrogens is 1. The number of ether oxygens (including phenoxy) is 1. The number of alkyl halides is 3. The van der Waals surface area contributed by atoms with Gasteiger partial charge in [0.1, 0.15) is 9.88 Å². The summed E-state index contributed by atoms with van der Waals surface area (Å²) in [5, 5.41) is 2.58. The average Bonchev–Trinajstić information content (AvgIpc) is 3.09. The number of benzene rings is 2. The number of carbonyl (C=O) groups is 2. The summed E-state index contributed by atoms with van der Waals surface area (Å²) in [6, 6.07) is 12.1. The third-order valence-corrected chi connectivity index (χ3v) is 5.32. The third-order valence-electron chi connectivity index (χ3n) is 3.90. The van der Waals surface area contributed by atoms with Gasteiger partial charge in [0.25, 0.3) is 5.91 Å². The summed E-state index contributed by atoms with van der Waals surface area (Å²) in [5.41, 5.74) is -0.320. The molecule has 1 aromatic heterocycles. The van der Waals surface area contributed by atoms with Crippen LogP contribution in [0.25, 0.3) is 10.6 Å². The molecule has 1 N–H and O–H groups in total. The van der Waals surface area contributed by atoms with E-state index < -0.39 is 35.9 Å². The van der Waals surface area contributed by atoms with Gasteiger partial charge in [0, 0.05) is 10.6 Å². The van der Waals surface area contributed by atoms with E-state index in [0.29, 0.717) is 16.8 Å². The van der Waals surface area contributed by atoms with Gasteiger partial charge in [-0.1, -0.05) is 41.9 Å². The van der Waals surface area contributed by atoms with Crippen molar-refractivity contribution in [3.63, 3.8) is 0 Å². The smallest absolute Gasteiger partial charge is 0.418 e. The van der Waals surface area contributed by atoms with Gasteiger partial charge < -0.3 is 10.1 Å². The molecular formula is C20H14ClF3N2O3S.